The van der Waals surface area contributed by atoms with Crippen LogP contribution in [0.3, 0.4) is 0 Å². The van der Waals surface area contributed by atoms with Gasteiger partial charge < -0.3 is 43.6 Å². The Bertz CT molecular complexity index is 1840. The molecule has 2 bridgehead atoms. The fourth-order valence-corrected chi connectivity index (χ4v) is 8.85. The Kier molecular flexibility index (Phi) is 15.6. The zero-order valence-corrected chi connectivity index (χ0v) is 36.8. The zero-order chi connectivity index (χ0) is 44.1. The predicted molar refractivity (Wildman–Crippen MR) is 220 cm³/mol. The van der Waals surface area contributed by atoms with E-state index in [0.717, 1.165) is 5.56 Å². The number of amides is 1. The maximum atomic E-state index is 14.5. The Balaban J connectivity index is 1.63. The summed E-state index contributed by atoms with van der Waals surface area (Å²) in [5.41, 5.74) is -1.84. The van der Waals surface area contributed by atoms with E-state index in [9.17, 15) is 24.6 Å². The van der Waals surface area contributed by atoms with Gasteiger partial charge >= 0.3 is 5.97 Å². The lowest BCUT2D eigenvalue weighted by Crippen LogP contribution is -2.60. The predicted octanol–water partition coefficient (Wildman–Crippen LogP) is 3.70. The molecule has 13 atom stereocenters. The van der Waals surface area contributed by atoms with Crippen LogP contribution in [-0.2, 0) is 49.5 Å². The first-order valence-corrected chi connectivity index (χ1v) is 20.9. The van der Waals surface area contributed by atoms with Crippen LogP contribution < -0.4 is 0 Å². The first kappa shape index (κ1) is 47.1. The van der Waals surface area contributed by atoms with Gasteiger partial charge in [-0.25, -0.2) is 14.7 Å². The number of aliphatic imine (C=N–C) groups is 1. The molecular formula is C43H64N6O11. The molecule has 0 spiro atoms. The van der Waals surface area contributed by atoms with Gasteiger partial charge in [-0.1, -0.05) is 38.9 Å². The van der Waals surface area contributed by atoms with Crippen molar-refractivity contribution in [1.82, 2.24) is 19.7 Å². The number of aliphatic hydroxyl groups excluding tert-OH is 1. The molecule has 1 amide bonds. The third-order valence-corrected chi connectivity index (χ3v) is 12.1. The van der Waals surface area contributed by atoms with Crippen LogP contribution in [0.4, 0.5) is 0 Å². The number of aliphatic hydroxyl groups is 2. The largest absolute Gasteiger partial charge is 0.459 e. The minimum atomic E-state index is -1.86. The molecule has 60 heavy (non-hydrogen) atoms. The molecule has 0 aromatic carbocycles. The Labute approximate surface area is 352 Å². The number of fused-ring (bicyclic) bond motifs is 5. The minimum absolute atomic E-state index is 0.0440. The normalized spacial score (nSPS) is 37.6. The molecule has 332 valence electrons. The lowest BCUT2D eigenvalue weighted by Gasteiger charge is -2.47. The number of pyridine rings is 1. The monoisotopic (exact) mass is 840 g/mol. The number of carbonyl (C=O) groups is 3. The lowest BCUT2D eigenvalue weighted by molar-refractivity contribution is -0.296. The number of esters is 1. The van der Waals surface area contributed by atoms with Crippen molar-refractivity contribution in [2.24, 2.45) is 33.8 Å². The van der Waals surface area contributed by atoms with Crippen molar-refractivity contribution >= 4 is 29.1 Å². The van der Waals surface area contributed by atoms with Crippen molar-refractivity contribution in [3.8, 4) is 5.82 Å². The van der Waals surface area contributed by atoms with Crippen molar-refractivity contribution in [3.63, 3.8) is 0 Å². The summed E-state index contributed by atoms with van der Waals surface area (Å²) in [7, 11) is 3.73. The summed E-state index contributed by atoms with van der Waals surface area (Å²) in [6.07, 6.45) is -0.0360. The second-order valence-electron chi connectivity index (χ2n) is 17.3. The maximum Gasteiger partial charge on any atom is 0.316 e. The molecule has 3 aliphatic heterocycles. The fourth-order valence-electron chi connectivity index (χ4n) is 8.85. The average molecular weight is 841 g/mol. The molecule has 2 aromatic rings. The van der Waals surface area contributed by atoms with E-state index >= 15 is 0 Å². The first-order chi connectivity index (χ1) is 28.3. The molecule has 0 aliphatic carbocycles. The number of ketones is 1. The Hall–Kier alpha value is -3.97. The average Bonchev–Trinajstić information content (AvgIpc) is 3.74. The molecule has 3 aliphatic rings. The van der Waals surface area contributed by atoms with E-state index in [-0.39, 0.29) is 50.5 Å². The van der Waals surface area contributed by atoms with Gasteiger partial charge in [0.2, 0.25) is 5.91 Å². The van der Waals surface area contributed by atoms with E-state index in [1.165, 1.54) is 20.8 Å². The number of ether oxygens (including phenoxy) is 5. The molecular weight excluding hydrogens is 777 g/mol. The number of aromatic nitrogens is 3. The lowest BCUT2D eigenvalue weighted by atomic mass is 9.73. The van der Waals surface area contributed by atoms with E-state index in [4.69, 9.17) is 28.5 Å². The summed E-state index contributed by atoms with van der Waals surface area (Å²) in [5, 5.41) is 32.8. The van der Waals surface area contributed by atoms with Gasteiger partial charge in [-0.15, -0.1) is 0 Å². The molecule has 17 nitrogen and oxygen atoms in total. The quantitative estimate of drug-likeness (QED) is 0.221. The van der Waals surface area contributed by atoms with Gasteiger partial charge in [0.05, 0.1) is 37.1 Å². The van der Waals surface area contributed by atoms with Gasteiger partial charge in [0.1, 0.15) is 36.0 Å². The van der Waals surface area contributed by atoms with E-state index in [1.54, 1.807) is 63.1 Å². The molecule has 13 unspecified atom stereocenters. The molecule has 0 radical (unpaired) electrons. The Morgan fingerprint density at radius 2 is 1.83 bits per heavy atom. The maximum absolute atomic E-state index is 14.5. The van der Waals surface area contributed by atoms with Crippen molar-refractivity contribution in [1.29, 1.82) is 0 Å². The number of hydrogen-bond acceptors (Lipinski definition) is 15. The van der Waals surface area contributed by atoms with Crippen LogP contribution in [-0.4, -0.2) is 140 Å². The standard InChI is InChI=1S/C43H64N6O11/c1-12-33-43(9,54)39-26(4)35(46-29(7)50)24(2)19-42(8,56-23-31(22-55-39)47-57-21-30-14-15-34(44-20-30)49-17-13-16-45-49)38(27(5)36(51)28(6)40(53)59-33)60-41-37(52)32(48(10)11)18-25(3)58-41/h13-17,20,24-28,32-33,37-39,41,52,54H,12,18-19,21-23H2,1-11H3. The van der Waals surface area contributed by atoms with Crippen LogP contribution in [0.1, 0.15) is 87.1 Å². The summed E-state index contributed by atoms with van der Waals surface area (Å²) in [6.45, 7) is 14.7. The number of likely N-dealkylation sites (N-methyl/N-ethyl adjacent to an activating group) is 1. The Morgan fingerprint density at radius 3 is 2.45 bits per heavy atom. The van der Waals surface area contributed by atoms with Crippen LogP contribution in [0.5, 0.6) is 0 Å². The van der Waals surface area contributed by atoms with Crippen molar-refractivity contribution in [2.45, 2.75) is 142 Å². The number of carbonyl (C=O) groups excluding carboxylic acids is 3. The number of Topliss-reactive ketones (excluding diaryl/α,β-unsaturated/α-hetero) is 1. The molecule has 5 rings (SSSR count). The highest BCUT2D eigenvalue weighted by molar-refractivity contribution is 6.00. The number of cyclic esters (lactones) is 1. The highest BCUT2D eigenvalue weighted by Crippen LogP contribution is 2.40. The summed E-state index contributed by atoms with van der Waals surface area (Å²) >= 11 is 0. The van der Waals surface area contributed by atoms with Crippen molar-refractivity contribution < 1.29 is 53.1 Å². The van der Waals surface area contributed by atoms with E-state index in [0.29, 0.717) is 18.0 Å². The van der Waals surface area contributed by atoms with Crippen LogP contribution in [0.2, 0.25) is 0 Å². The van der Waals surface area contributed by atoms with Crippen molar-refractivity contribution in [3.05, 3.63) is 42.4 Å². The third kappa shape index (κ3) is 10.7. The fraction of sp³-hybridized carbons (Fsp3) is 0.698. The summed E-state index contributed by atoms with van der Waals surface area (Å²) < 4.78 is 34.1. The van der Waals surface area contributed by atoms with Gasteiger partial charge in [0.25, 0.3) is 0 Å². The molecule has 0 saturated carbocycles. The highest BCUT2D eigenvalue weighted by Gasteiger charge is 2.53. The number of rotatable bonds is 8. The van der Waals surface area contributed by atoms with E-state index in [1.807, 2.05) is 38.9 Å². The molecule has 2 aromatic heterocycles. The third-order valence-electron chi connectivity index (χ3n) is 12.1. The number of nitrogens with zero attached hydrogens (tertiary/aromatic N) is 6. The summed E-state index contributed by atoms with van der Waals surface area (Å²) in [6, 6.07) is 5.13. The van der Waals surface area contributed by atoms with Crippen molar-refractivity contribution in [2.75, 3.05) is 27.3 Å². The zero-order valence-electron chi connectivity index (χ0n) is 36.8. The first-order valence-electron chi connectivity index (χ1n) is 20.9. The summed E-state index contributed by atoms with van der Waals surface area (Å²) in [5.74, 6) is -4.71. The van der Waals surface area contributed by atoms with Gasteiger partial charge in [-0.3, -0.25) is 14.4 Å². The molecule has 5 heterocycles. The highest BCUT2D eigenvalue weighted by atomic mass is 16.7. The van der Waals surface area contributed by atoms with Crippen LogP contribution in [0.25, 0.3) is 5.82 Å². The van der Waals surface area contributed by atoms with Gasteiger partial charge in [-0.05, 0) is 79.1 Å². The topological polar surface area (TPSA) is 206 Å². The number of oxime groups is 1. The van der Waals surface area contributed by atoms with Gasteiger partial charge in [0, 0.05) is 54.7 Å². The van der Waals surface area contributed by atoms with Crippen LogP contribution >= 0.6 is 0 Å². The molecule has 2 N–H and O–H groups in total. The van der Waals surface area contributed by atoms with Crippen LogP contribution in [0.15, 0.2) is 46.9 Å². The second-order valence-corrected chi connectivity index (χ2v) is 17.3. The van der Waals surface area contributed by atoms with E-state index < -0.39 is 83.2 Å². The molecule has 3 fully saturated rings. The molecule has 3 saturated heterocycles. The van der Waals surface area contributed by atoms with Gasteiger partial charge in [0.15, 0.2) is 17.9 Å². The smallest absolute Gasteiger partial charge is 0.316 e. The minimum Gasteiger partial charge on any atom is -0.459 e. The van der Waals surface area contributed by atoms with Crippen LogP contribution in [0, 0.1) is 23.7 Å². The van der Waals surface area contributed by atoms with E-state index in [2.05, 4.69) is 20.2 Å². The second kappa shape index (κ2) is 19.8. The SMILES string of the molecule is CCC1OC(=O)C(C)C(=O)C(C)C(OC2OC(C)CC(N(C)C)C2O)C2(C)CC(C)C(=NC(C)=O)C(C)C(OCC(=NOCc3ccc(-n4cccn4)nc3)CO2)C1(C)O. The summed E-state index contributed by atoms with van der Waals surface area (Å²) in [4.78, 5) is 58.0. The number of hydrogen-bond donors (Lipinski definition) is 2. The van der Waals surface area contributed by atoms with Gasteiger partial charge in [-0.2, -0.15) is 5.10 Å². The Morgan fingerprint density at radius 1 is 1.10 bits per heavy atom. The molecule has 17 heteroatoms.